The van der Waals surface area contributed by atoms with Crippen LogP contribution >= 0.6 is 11.8 Å². The number of H-pyrrole nitrogens is 1. The summed E-state index contributed by atoms with van der Waals surface area (Å²) in [5.41, 5.74) is 2.41. The number of likely N-dealkylation sites (N-methyl/N-ethyl adjacent to an activating group) is 1. The van der Waals surface area contributed by atoms with E-state index in [2.05, 4.69) is 38.4 Å². The molecular formula is C20H25N5O2S. The number of allylic oxidation sites excluding steroid dienone is 1. The number of thioether (sulfide) groups is 1. The molecule has 1 aliphatic rings. The summed E-state index contributed by atoms with van der Waals surface area (Å²) in [4.78, 5) is 28.1. The maximum atomic E-state index is 12.7. The number of nitrogens with zero attached hydrogens (tertiary/aromatic N) is 3. The molecule has 0 atom stereocenters. The minimum atomic E-state index is -0.211. The number of hydrogen-bond donors (Lipinski definition) is 2. The normalized spacial score (nSPS) is 15.8. The van der Waals surface area contributed by atoms with Crippen LogP contribution in [0.25, 0.3) is 6.08 Å². The second kappa shape index (κ2) is 9.68. The number of aromatic amines is 1. The predicted octanol–water partition coefficient (Wildman–Crippen LogP) is 2.34. The van der Waals surface area contributed by atoms with Crippen molar-refractivity contribution >= 4 is 35.8 Å². The Balaban J connectivity index is 1.70. The van der Waals surface area contributed by atoms with E-state index in [0.29, 0.717) is 23.2 Å². The molecule has 0 radical (unpaired) electrons. The third kappa shape index (κ3) is 5.09. The molecule has 2 aromatic rings. The van der Waals surface area contributed by atoms with Crippen LogP contribution in [0, 0.1) is 0 Å². The molecule has 7 nitrogen and oxygen atoms in total. The summed E-state index contributed by atoms with van der Waals surface area (Å²) in [7, 11) is 2.14. The molecule has 0 spiro atoms. The zero-order valence-electron chi connectivity index (χ0n) is 16.1. The van der Waals surface area contributed by atoms with Gasteiger partial charge in [-0.1, -0.05) is 12.1 Å². The highest BCUT2D eigenvalue weighted by Crippen LogP contribution is 2.26. The first-order chi connectivity index (χ1) is 13.6. The van der Waals surface area contributed by atoms with Crippen molar-refractivity contribution in [3.63, 3.8) is 0 Å². The first-order valence-corrected chi connectivity index (χ1v) is 10.4. The minimum Gasteiger partial charge on any atom is -0.306 e. The fourth-order valence-electron chi connectivity index (χ4n) is 3.14. The number of rotatable bonds is 7. The third-order valence-electron chi connectivity index (χ3n) is 4.73. The first kappa shape index (κ1) is 20.3. The van der Waals surface area contributed by atoms with Gasteiger partial charge in [0.05, 0.1) is 5.56 Å². The Morgan fingerprint density at radius 3 is 2.82 bits per heavy atom. The highest BCUT2D eigenvalue weighted by atomic mass is 32.2. The summed E-state index contributed by atoms with van der Waals surface area (Å²) in [5.74, 6) is 0.272. The summed E-state index contributed by atoms with van der Waals surface area (Å²) in [6, 6.07) is 7.69. The summed E-state index contributed by atoms with van der Waals surface area (Å²) < 4.78 is 0. The third-order valence-corrected chi connectivity index (χ3v) is 5.43. The summed E-state index contributed by atoms with van der Waals surface area (Å²) in [6.07, 6.45) is 5.62. The second-order valence-electron chi connectivity index (χ2n) is 6.75. The quantitative estimate of drug-likeness (QED) is 0.423. The molecule has 1 fully saturated rings. The van der Waals surface area contributed by atoms with Crippen LogP contribution in [0.4, 0.5) is 5.82 Å². The number of anilines is 1. The molecule has 2 N–H and O–H groups in total. The fraction of sp³-hybridized carbons (Fsp3) is 0.350. The van der Waals surface area contributed by atoms with Crippen molar-refractivity contribution in [2.24, 2.45) is 0 Å². The van der Waals surface area contributed by atoms with Gasteiger partial charge in [-0.15, -0.1) is 11.8 Å². The lowest BCUT2D eigenvalue weighted by Gasteiger charge is -2.32. The van der Waals surface area contributed by atoms with E-state index in [1.165, 1.54) is 17.8 Å². The number of carbonyl (C=O) groups is 2. The molecule has 1 aromatic carbocycles. The lowest BCUT2D eigenvalue weighted by Crippen LogP contribution is -2.43. The molecule has 0 aliphatic carbocycles. The van der Waals surface area contributed by atoms with E-state index < -0.39 is 0 Å². The van der Waals surface area contributed by atoms with Crippen LogP contribution in [0.5, 0.6) is 0 Å². The van der Waals surface area contributed by atoms with Crippen LogP contribution < -0.4 is 5.32 Å². The second-order valence-corrected chi connectivity index (χ2v) is 7.55. The molecule has 8 heteroatoms. The molecule has 28 heavy (non-hydrogen) atoms. The van der Waals surface area contributed by atoms with Gasteiger partial charge in [-0.2, -0.15) is 5.10 Å². The smallest absolute Gasteiger partial charge is 0.256 e. The van der Waals surface area contributed by atoms with E-state index in [-0.39, 0.29) is 5.91 Å². The molecule has 1 saturated heterocycles. The number of piperazine rings is 1. The average Bonchev–Trinajstić information content (AvgIpc) is 3.09. The Hall–Kier alpha value is -2.42. The van der Waals surface area contributed by atoms with Crippen molar-refractivity contribution in [2.45, 2.75) is 11.6 Å². The van der Waals surface area contributed by atoms with E-state index in [9.17, 15) is 9.59 Å². The van der Waals surface area contributed by atoms with Gasteiger partial charge in [0.2, 0.25) is 0 Å². The summed E-state index contributed by atoms with van der Waals surface area (Å²) in [5, 5.41) is 10.6. The van der Waals surface area contributed by atoms with Gasteiger partial charge >= 0.3 is 0 Å². The average molecular weight is 400 g/mol. The summed E-state index contributed by atoms with van der Waals surface area (Å²) >= 11 is 1.44. The Morgan fingerprint density at radius 2 is 2.11 bits per heavy atom. The maximum Gasteiger partial charge on any atom is 0.256 e. The Labute approximate surface area is 169 Å². The SMILES string of the molecule is CSc1n[nH]c(NC(=O)c2cccc(CN3CCN(C)CC3)c2)c1/C=C/C=O. The zero-order valence-corrected chi connectivity index (χ0v) is 17.0. The molecule has 0 bridgehead atoms. The molecule has 2 heterocycles. The number of nitrogens with one attached hydrogen (secondary N) is 2. The van der Waals surface area contributed by atoms with Crippen LogP contribution in [0.3, 0.4) is 0 Å². The highest BCUT2D eigenvalue weighted by Gasteiger charge is 2.16. The lowest BCUT2D eigenvalue weighted by atomic mass is 10.1. The lowest BCUT2D eigenvalue weighted by molar-refractivity contribution is -0.104. The topological polar surface area (TPSA) is 81.3 Å². The fourth-order valence-corrected chi connectivity index (χ4v) is 3.66. The maximum absolute atomic E-state index is 12.7. The molecular weight excluding hydrogens is 374 g/mol. The van der Waals surface area contributed by atoms with E-state index in [1.54, 1.807) is 12.1 Å². The zero-order chi connectivity index (χ0) is 19.9. The van der Waals surface area contributed by atoms with Gasteiger partial charge in [0.15, 0.2) is 0 Å². The Bertz CT molecular complexity index is 856. The molecule has 1 aromatic heterocycles. The van der Waals surface area contributed by atoms with E-state index in [4.69, 9.17) is 0 Å². The molecule has 148 valence electrons. The van der Waals surface area contributed by atoms with Crippen molar-refractivity contribution in [3.8, 4) is 0 Å². The van der Waals surface area contributed by atoms with Crippen LogP contribution in [0.2, 0.25) is 0 Å². The molecule has 1 amide bonds. The van der Waals surface area contributed by atoms with Crippen molar-refractivity contribution in [1.82, 2.24) is 20.0 Å². The van der Waals surface area contributed by atoms with Crippen LogP contribution in [0.15, 0.2) is 35.4 Å². The first-order valence-electron chi connectivity index (χ1n) is 9.16. The van der Waals surface area contributed by atoms with Crippen LogP contribution in [-0.4, -0.2) is 71.7 Å². The molecule has 0 unspecified atom stereocenters. The standard InChI is InChI=1S/C20H25N5O2S/c1-24-8-10-25(11-9-24)14-15-5-3-6-16(13-15)19(27)21-18-17(7-4-12-26)20(28-2)23-22-18/h3-7,12-13H,8-11,14H2,1-2H3,(H2,21,22,23,27)/b7-4+. The molecule has 1 aliphatic heterocycles. The van der Waals surface area contributed by atoms with Gasteiger partial charge < -0.3 is 10.2 Å². The Kier molecular flexibility index (Phi) is 7.02. The number of benzene rings is 1. The number of aromatic nitrogens is 2. The van der Waals surface area contributed by atoms with Crippen molar-refractivity contribution in [2.75, 3.05) is 44.8 Å². The van der Waals surface area contributed by atoms with Crippen LogP contribution in [0.1, 0.15) is 21.5 Å². The van der Waals surface area contributed by atoms with Crippen molar-refractivity contribution < 1.29 is 9.59 Å². The molecule has 3 rings (SSSR count). The van der Waals surface area contributed by atoms with E-state index >= 15 is 0 Å². The van der Waals surface area contributed by atoms with Gasteiger partial charge in [-0.05, 0) is 43.2 Å². The largest absolute Gasteiger partial charge is 0.306 e. The van der Waals surface area contributed by atoms with E-state index in [0.717, 1.165) is 43.3 Å². The van der Waals surface area contributed by atoms with Gasteiger partial charge in [0.1, 0.15) is 17.1 Å². The van der Waals surface area contributed by atoms with Crippen molar-refractivity contribution in [1.29, 1.82) is 0 Å². The minimum absolute atomic E-state index is 0.211. The predicted molar refractivity (Wildman–Crippen MR) is 113 cm³/mol. The van der Waals surface area contributed by atoms with Crippen molar-refractivity contribution in [3.05, 3.63) is 47.0 Å². The van der Waals surface area contributed by atoms with Gasteiger partial charge in [-0.3, -0.25) is 19.6 Å². The monoisotopic (exact) mass is 399 g/mol. The van der Waals surface area contributed by atoms with Gasteiger partial charge in [-0.25, -0.2) is 0 Å². The molecule has 0 saturated carbocycles. The number of amides is 1. The number of hydrogen-bond acceptors (Lipinski definition) is 6. The van der Waals surface area contributed by atoms with Gasteiger partial charge in [0.25, 0.3) is 5.91 Å². The summed E-state index contributed by atoms with van der Waals surface area (Å²) in [6.45, 7) is 5.03. The number of aldehydes is 1. The highest BCUT2D eigenvalue weighted by molar-refractivity contribution is 7.98. The van der Waals surface area contributed by atoms with Gasteiger partial charge in [0, 0.05) is 38.3 Å². The van der Waals surface area contributed by atoms with E-state index in [1.807, 2.05) is 18.4 Å². The Morgan fingerprint density at radius 1 is 1.32 bits per heavy atom. The van der Waals surface area contributed by atoms with Crippen LogP contribution in [-0.2, 0) is 11.3 Å². The number of carbonyl (C=O) groups excluding carboxylic acids is 2.